The van der Waals surface area contributed by atoms with E-state index in [1.807, 2.05) is 13.8 Å². The minimum atomic E-state index is 0.156. The largest absolute Gasteiger partial charge is 0.506 e. The van der Waals surface area contributed by atoms with Crippen molar-refractivity contribution in [2.75, 3.05) is 5.73 Å². The Hall–Kier alpha value is -1.36. The van der Waals surface area contributed by atoms with Gasteiger partial charge in [0.15, 0.2) is 0 Å². The number of fused-ring (bicyclic) bond motifs is 1. The van der Waals surface area contributed by atoms with Crippen molar-refractivity contribution in [3.05, 3.63) is 11.7 Å². The van der Waals surface area contributed by atoms with Crippen LogP contribution in [-0.4, -0.2) is 15.1 Å². The third-order valence-electron chi connectivity index (χ3n) is 1.38. The van der Waals surface area contributed by atoms with E-state index in [2.05, 4.69) is 9.97 Å². The van der Waals surface area contributed by atoms with Gasteiger partial charge >= 0.3 is 0 Å². The quantitative estimate of drug-likeness (QED) is 0.677. The fourth-order valence-corrected chi connectivity index (χ4v) is 1.66. The molecule has 0 amide bonds. The molecule has 70 valence electrons. The molecule has 0 unspecified atom stereocenters. The van der Waals surface area contributed by atoms with E-state index in [9.17, 15) is 5.11 Å². The van der Waals surface area contributed by atoms with Crippen LogP contribution in [0, 0.1) is 0 Å². The molecule has 4 nitrogen and oxygen atoms in total. The summed E-state index contributed by atoms with van der Waals surface area (Å²) in [4.78, 5) is 8.40. The first-order valence-electron chi connectivity index (χ1n) is 3.95. The molecule has 2 aromatic heterocycles. The summed E-state index contributed by atoms with van der Waals surface area (Å²) < 4.78 is 0. The van der Waals surface area contributed by atoms with Gasteiger partial charge in [-0.25, -0.2) is 9.97 Å². The van der Waals surface area contributed by atoms with Crippen LogP contribution in [0.5, 0.6) is 5.75 Å². The molecule has 0 atom stereocenters. The maximum Gasteiger partial charge on any atom is 0.139 e. The van der Waals surface area contributed by atoms with Crippen LogP contribution in [0.2, 0.25) is 0 Å². The van der Waals surface area contributed by atoms with Crippen LogP contribution < -0.4 is 5.73 Å². The van der Waals surface area contributed by atoms with E-state index in [1.165, 1.54) is 17.7 Å². The second kappa shape index (κ2) is 4.04. The molecule has 2 heterocycles. The standard InChI is InChI=1S/C6H5N3OS.C2H6/c7-5-4-3(10)1-11-6(4)9-2-8-5;1-2/h1-2,10H,(H2,7,8,9);1-2H3. The predicted octanol–water partition coefficient (Wildman–Crippen LogP) is 2.01. The van der Waals surface area contributed by atoms with Crippen molar-refractivity contribution in [1.29, 1.82) is 0 Å². The van der Waals surface area contributed by atoms with Gasteiger partial charge in [0.25, 0.3) is 0 Å². The van der Waals surface area contributed by atoms with Crippen molar-refractivity contribution >= 4 is 27.4 Å². The Kier molecular flexibility index (Phi) is 3.02. The first kappa shape index (κ1) is 9.73. The molecule has 0 bridgehead atoms. The van der Waals surface area contributed by atoms with Crippen LogP contribution in [0.25, 0.3) is 10.2 Å². The predicted molar refractivity (Wildman–Crippen MR) is 54.8 cm³/mol. The average molecular weight is 197 g/mol. The molecule has 3 N–H and O–H groups in total. The molecule has 0 aliphatic heterocycles. The average Bonchev–Trinajstić information content (AvgIpc) is 2.53. The summed E-state index contributed by atoms with van der Waals surface area (Å²) >= 11 is 1.35. The third kappa shape index (κ3) is 1.70. The highest BCUT2D eigenvalue weighted by molar-refractivity contribution is 7.17. The molecule has 0 saturated heterocycles. The number of nitrogens with zero attached hydrogens (tertiary/aromatic N) is 2. The summed E-state index contributed by atoms with van der Waals surface area (Å²) in [5.41, 5.74) is 5.50. The number of thiophene rings is 1. The first-order chi connectivity index (χ1) is 6.29. The summed E-state index contributed by atoms with van der Waals surface area (Å²) in [5.74, 6) is 0.483. The molecular formula is C8H11N3OS. The monoisotopic (exact) mass is 197 g/mol. The van der Waals surface area contributed by atoms with E-state index in [4.69, 9.17) is 5.73 Å². The lowest BCUT2D eigenvalue weighted by molar-refractivity contribution is 0.483. The van der Waals surface area contributed by atoms with E-state index in [-0.39, 0.29) is 5.75 Å². The molecule has 0 aromatic carbocycles. The van der Waals surface area contributed by atoms with Crippen LogP contribution in [-0.2, 0) is 0 Å². The fraction of sp³-hybridized carbons (Fsp3) is 0.250. The number of nitrogens with two attached hydrogens (primary N) is 1. The normalized spacial score (nSPS) is 9.38. The second-order valence-corrected chi connectivity index (χ2v) is 2.92. The van der Waals surface area contributed by atoms with Gasteiger partial charge in [-0.05, 0) is 0 Å². The highest BCUT2D eigenvalue weighted by atomic mass is 32.1. The van der Waals surface area contributed by atoms with Crippen LogP contribution in [0.15, 0.2) is 11.7 Å². The fourth-order valence-electron chi connectivity index (χ4n) is 0.883. The molecule has 0 spiro atoms. The van der Waals surface area contributed by atoms with Gasteiger partial charge in [-0.15, -0.1) is 11.3 Å². The number of rotatable bonds is 0. The summed E-state index contributed by atoms with van der Waals surface area (Å²) in [5, 5.41) is 11.4. The zero-order valence-corrected chi connectivity index (χ0v) is 8.30. The Bertz CT molecular complexity index is 399. The second-order valence-electron chi connectivity index (χ2n) is 2.06. The zero-order chi connectivity index (χ0) is 9.84. The maximum atomic E-state index is 9.24. The highest BCUT2D eigenvalue weighted by Gasteiger charge is 2.06. The zero-order valence-electron chi connectivity index (χ0n) is 7.48. The van der Waals surface area contributed by atoms with Crippen molar-refractivity contribution in [2.24, 2.45) is 0 Å². The molecule has 0 radical (unpaired) electrons. The van der Waals surface area contributed by atoms with Gasteiger partial charge in [0.05, 0.1) is 5.39 Å². The van der Waals surface area contributed by atoms with E-state index >= 15 is 0 Å². The minimum Gasteiger partial charge on any atom is -0.506 e. The Morgan fingerprint density at radius 1 is 1.38 bits per heavy atom. The van der Waals surface area contributed by atoms with E-state index in [0.29, 0.717) is 11.2 Å². The number of hydrogen-bond donors (Lipinski definition) is 2. The molecule has 13 heavy (non-hydrogen) atoms. The summed E-state index contributed by atoms with van der Waals surface area (Å²) in [6.07, 6.45) is 1.38. The van der Waals surface area contributed by atoms with Crippen LogP contribution in [0.3, 0.4) is 0 Å². The van der Waals surface area contributed by atoms with E-state index in [1.54, 1.807) is 5.38 Å². The number of nitrogen functional groups attached to an aromatic ring is 1. The number of aromatic hydroxyl groups is 1. The Morgan fingerprint density at radius 2 is 2.08 bits per heavy atom. The Labute approximate surface area is 80.1 Å². The van der Waals surface area contributed by atoms with Gasteiger partial charge in [0.1, 0.15) is 22.7 Å². The molecule has 0 aliphatic carbocycles. The molecule has 0 fully saturated rings. The SMILES string of the molecule is CC.Nc1ncnc2scc(O)c12. The smallest absolute Gasteiger partial charge is 0.139 e. The highest BCUT2D eigenvalue weighted by Crippen LogP contribution is 2.32. The van der Waals surface area contributed by atoms with Gasteiger partial charge in [0, 0.05) is 5.38 Å². The van der Waals surface area contributed by atoms with Crippen LogP contribution in [0.1, 0.15) is 13.8 Å². The van der Waals surface area contributed by atoms with Gasteiger partial charge < -0.3 is 10.8 Å². The van der Waals surface area contributed by atoms with E-state index in [0.717, 1.165) is 4.83 Å². The summed E-state index contributed by atoms with van der Waals surface area (Å²) in [6, 6.07) is 0. The third-order valence-corrected chi connectivity index (χ3v) is 2.25. The molecule has 2 aromatic rings. The number of hydrogen-bond acceptors (Lipinski definition) is 5. The molecular weight excluding hydrogens is 186 g/mol. The lowest BCUT2D eigenvalue weighted by Gasteiger charge is -1.92. The van der Waals surface area contributed by atoms with Crippen LogP contribution >= 0.6 is 11.3 Å². The molecule has 0 aliphatic rings. The van der Waals surface area contributed by atoms with Crippen molar-refractivity contribution < 1.29 is 5.11 Å². The van der Waals surface area contributed by atoms with Crippen molar-refractivity contribution in [3.8, 4) is 5.75 Å². The minimum absolute atomic E-state index is 0.156. The molecule has 0 saturated carbocycles. The first-order valence-corrected chi connectivity index (χ1v) is 4.83. The summed E-state index contributed by atoms with van der Waals surface area (Å²) in [7, 11) is 0. The Balaban J connectivity index is 0.000000396. The summed E-state index contributed by atoms with van der Waals surface area (Å²) in [6.45, 7) is 4.00. The van der Waals surface area contributed by atoms with Gasteiger partial charge in [0.2, 0.25) is 0 Å². The lowest BCUT2D eigenvalue weighted by atomic mass is 10.4. The number of anilines is 1. The van der Waals surface area contributed by atoms with Gasteiger partial charge in [-0.2, -0.15) is 0 Å². The van der Waals surface area contributed by atoms with Crippen molar-refractivity contribution in [3.63, 3.8) is 0 Å². The maximum absolute atomic E-state index is 9.24. The van der Waals surface area contributed by atoms with Gasteiger partial charge in [-0.3, -0.25) is 0 Å². The number of aromatic nitrogens is 2. The van der Waals surface area contributed by atoms with Crippen molar-refractivity contribution in [2.45, 2.75) is 13.8 Å². The lowest BCUT2D eigenvalue weighted by Crippen LogP contribution is -1.90. The van der Waals surface area contributed by atoms with Crippen LogP contribution in [0.4, 0.5) is 5.82 Å². The molecule has 5 heteroatoms. The molecule has 2 rings (SSSR count). The van der Waals surface area contributed by atoms with Crippen molar-refractivity contribution in [1.82, 2.24) is 9.97 Å². The topological polar surface area (TPSA) is 72.0 Å². The Morgan fingerprint density at radius 3 is 2.69 bits per heavy atom. The van der Waals surface area contributed by atoms with Gasteiger partial charge in [-0.1, -0.05) is 13.8 Å². The van der Waals surface area contributed by atoms with E-state index < -0.39 is 0 Å².